The molecule has 2 aliphatic heterocycles. The van der Waals surface area contributed by atoms with Crippen LogP contribution in [-0.2, 0) is 4.79 Å². The molecule has 9 heteroatoms. The molecule has 0 bridgehead atoms. The summed E-state index contributed by atoms with van der Waals surface area (Å²) in [5.74, 6) is 0.778. The van der Waals surface area contributed by atoms with E-state index in [1.54, 1.807) is 9.58 Å². The number of hydrogen-bond donors (Lipinski definition) is 0. The van der Waals surface area contributed by atoms with Gasteiger partial charge in [0.15, 0.2) is 11.5 Å². The van der Waals surface area contributed by atoms with Gasteiger partial charge in [-0.2, -0.15) is 0 Å². The van der Waals surface area contributed by atoms with Gasteiger partial charge in [-0.25, -0.2) is 9.88 Å². The van der Waals surface area contributed by atoms with E-state index < -0.39 is 6.17 Å². The van der Waals surface area contributed by atoms with E-state index in [-0.39, 0.29) is 18.6 Å². The summed E-state index contributed by atoms with van der Waals surface area (Å²) >= 11 is 1.28. The summed E-state index contributed by atoms with van der Waals surface area (Å²) in [5.41, 5.74) is 2.40. The molecule has 8 nitrogen and oxygen atoms in total. The largest absolute Gasteiger partial charge is 0.854 e. The van der Waals surface area contributed by atoms with Crippen LogP contribution in [0.3, 0.4) is 0 Å². The predicted octanol–water partition coefficient (Wildman–Crippen LogP) is 2.26. The summed E-state index contributed by atoms with van der Waals surface area (Å²) in [6.45, 7) is 1.96. The Morgan fingerprint density at radius 3 is 2.87 bits per heavy atom. The molecule has 0 N–H and O–H groups in total. The Morgan fingerprint density at radius 2 is 2.07 bits per heavy atom. The molecule has 3 aromatic rings. The number of thioether (sulfide) groups is 1. The van der Waals surface area contributed by atoms with Crippen molar-refractivity contribution in [2.24, 2.45) is 0 Å². The Kier molecular flexibility index (Phi) is 4.47. The van der Waals surface area contributed by atoms with Crippen LogP contribution in [0.1, 0.15) is 25.1 Å². The molecule has 0 spiro atoms. The average Bonchev–Trinajstić information content (AvgIpc) is 3.25. The summed E-state index contributed by atoms with van der Waals surface area (Å²) in [6.07, 6.45) is 1.46. The fourth-order valence-corrected chi connectivity index (χ4v) is 4.18. The van der Waals surface area contributed by atoms with Gasteiger partial charge in [-0.1, -0.05) is 35.5 Å². The van der Waals surface area contributed by atoms with Crippen LogP contribution in [0.4, 0.5) is 5.69 Å². The number of aromatic nitrogens is 3. The van der Waals surface area contributed by atoms with E-state index in [2.05, 4.69) is 10.1 Å². The summed E-state index contributed by atoms with van der Waals surface area (Å²) in [4.78, 5) is 18.9. The van der Waals surface area contributed by atoms with Crippen molar-refractivity contribution in [2.75, 3.05) is 17.9 Å². The van der Waals surface area contributed by atoms with Crippen LogP contribution in [0.15, 0.2) is 47.6 Å². The van der Waals surface area contributed by atoms with E-state index in [0.717, 1.165) is 5.56 Å². The summed E-state index contributed by atoms with van der Waals surface area (Å²) in [5, 5.41) is 17.9. The lowest BCUT2D eigenvalue weighted by atomic mass is 10.0. The Balaban J connectivity index is 1.81. The second-order valence-electron chi connectivity index (χ2n) is 6.82. The Labute approximate surface area is 177 Å². The minimum atomic E-state index is -0.654. The molecule has 2 aliphatic rings. The first kappa shape index (κ1) is 18.7. The highest BCUT2D eigenvalue weighted by molar-refractivity contribution is 7.98. The van der Waals surface area contributed by atoms with Gasteiger partial charge in [-0.3, -0.25) is 4.79 Å². The van der Waals surface area contributed by atoms with Gasteiger partial charge in [0.1, 0.15) is 0 Å². The Hall–Kier alpha value is -3.33. The van der Waals surface area contributed by atoms with Crippen molar-refractivity contribution in [1.82, 2.24) is 10.1 Å². The zero-order valence-corrected chi connectivity index (χ0v) is 17.2. The number of hydrogen-bond acceptors (Lipinski definition) is 7. The van der Waals surface area contributed by atoms with E-state index in [0.29, 0.717) is 40.0 Å². The molecule has 3 heterocycles. The second kappa shape index (κ2) is 7.17. The zero-order chi connectivity index (χ0) is 20.8. The number of nitrogens with zero attached hydrogens (tertiary/aromatic N) is 4. The highest BCUT2D eigenvalue weighted by atomic mass is 32.2. The molecule has 152 valence electrons. The molecule has 5 rings (SSSR count). The third-order valence-corrected chi connectivity index (χ3v) is 5.70. The minimum Gasteiger partial charge on any atom is -0.854 e. The van der Waals surface area contributed by atoms with Crippen LogP contribution < -0.4 is 24.2 Å². The first-order valence-corrected chi connectivity index (χ1v) is 10.7. The summed E-state index contributed by atoms with van der Waals surface area (Å²) < 4.78 is 12.6. The lowest BCUT2D eigenvalue weighted by Crippen LogP contribution is -2.59. The van der Waals surface area contributed by atoms with Crippen LogP contribution in [0.5, 0.6) is 17.4 Å². The molecule has 1 unspecified atom stereocenters. The molecule has 0 aliphatic carbocycles. The smallest absolute Gasteiger partial charge is 0.293 e. The van der Waals surface area contributed by atoms with E-state index in [1.807, 2.05) is 55.6 Å². The van der Waals surface area contributed by atoms with E-state index >= 15 is 0 Å². The van der Waals surface area contributed by atoms with Gasteiger partial charge in [-0.15, -0.1) is 0 Å². The average molecular weight is 422 g/mol. The molecule has 1 amide bonds. The van der Waals surface area contributed by atoms with Crippen LogP contribution in [0.2, 0.25) is 0 Å². The van der Waals surface area contributed by atoms with Crippen molar-refractivity contribution in [3.8, 4) is 28.6 Å². The van der Waals surface area contributed by atoms with Gasteiger partial charge in [0, 0.05) is 17.1 Å². The van der Waals surface area contributed by atoms with E-state index in [1.165, 1.54) is 11.8 Å². The number of anilines is 1. The van der Waals surface area contributed by atoms with E-state index in [9.17, 15) is 9.90 Å². The highest BCUT2D eigenvalue weighted by Crippen LogP contribution is 2.42. The van der Waals surface area contributed by atoms with E-state index in [4.69, 9.17) is 9.47 Å². The van der Waals surface area contributed by atoms with Crippen molar-refractivity contribution in [2.45, 2.75) is 24.7 Å². The quantitative estimate of drug-likeness (QED) is 0.472. The number of benzene rings is 2. The third kappa shape index (κ3) is 2.77. The monoisotopic (exact) mass is 422 g/mol. The Bertz CT molecular complexity index is 1170. The second-order valence-corrected chi connectivity index (χ2v) is 7.59. The first-order chi connectivity index (χ1) is 14.6. The lowest BCUT2D eigenvalue weighted by molar-refractivity contribution is -0.764. The zero-order valence-electron chi connectivity index (χ0n) is 16.4. The molecule has 0 saturated heterocycles. The molecule has 1 atom stereocenters. The number of ether oxygens (including phenoxy) is 2. The summed E-state index contributed by atoms with van der Waals surface area (Å²) in [6, 6.07) is 12.8. The van der Waals surface area contributed by atoms with Gasteiger partial charge >= 0.3 is 0 Å². The van der Waals surface area contributed by atoms with Crippen molar-refractivity contribution < 1.29 is 24.1 Å². The third-order valence-electron chi connectivity index (χ3n) is 5.17. The lowest BCUT2D eigenvalue weighted by Gasteiger charge is -2.33. The van der Waals surface area contributed by atoms with Crippen LogP contribution in [-0.4, -0.2) is 29.0 Å². The minimum absolute atomic E-state index is 0.0833. The topological polar surface area (TPSA) is 91.5 Å². The first-order valence-electron chi connectivity index (χ1n) is 9.48. The fraction of sp³-hybridized carbons (Fsp3) is 0.238. The molecule has 0 radical (unpaired) electrons. The number of amides is 1. The standard InChI is InChI=1S/C21H18N4O4S/c1-3-17(26)24-14-7-5-4-6-13(14)18-19(27)22-21(30-2)23-25(18)20(24)12-8-9-15-16(10-12)29-11-28-15/h4-10,20H,3,11H2,1-2H3. The van der Waals surface area contributed by atoms with Crippen molar-refractivity contribution in [1.29, 1.82) is 0 Å². The van der Waals surface area contributed by atoms with Gasteiger partial charge in [0.2, 0.25) is 12.7 Å². The van der Waals surface area contributed by atoms with Crippen molar-refractivity contribution >= 4 is 23.4 Å². The Morgan fingerprint density at radius 1 is 1.27 bits per heavy atom. The van der Waals surface area contributed by atoms with Crippen molar-refractivity contribution in [3.05, 3.63) is 48.0 Å². The van der Waals surface area contributed by atoms with Crippen LogP contribution in [0.25, 0.3) is 11.3 Å². The maximum atomic E-state index is 13.1. The highest BCUT2D eigenvalue weighted by Gasteiger charge is 2.44. The van der Waals surface area contributed by atoms with Gasteiger partial charge in [0.25, 0.3) is 17.0 Å². The van der Waals surface area contributed by atoms with Gasteiger partial charge in [0.05, 0.1) is 17.1 Å². The fourth-order valence-electron chi connectivity index (χ4n) is 3.83. The van der Waals surface area contributed by atoms with Gasteiger partial charge in [-0.05, 0) is 36.6 Å². The van der Waals surface area contributed by atoms with Crippen LogP contribution >= 0.6 is 11.8 Å². The predicted molar refractivity (Wildman–Crippen MR) is 107 cm³/mol. The molecule has 0 fully saturated rings. The van der Waals surface area contributed by atoms with Crippen LogP contribution in [0, 0.1) is 0 Å². The van der Waals surface area contributed by atoms with Gasteiger partial charge < -0.3 is 14.6 Å². The number of rotatable bonds is 3. The van der Waals surface area contributed by atoms with Crippen molar-refractivity contribution in [3.63, 3.8) is 0 Å². The number of fused-ring (bicyclic) bond motifs is 4. The maximum absolute atomic E-state index is 13.1. The SMILES string of the molecule is CCC(=O)N1c2ccccc2-c2c([O-])nc(SC)n[n+]2C1c1ccc2c(c1)OCO2. The normalized spacial score (nSPS) is 16.2. The molecule has 0 saturated carbocycles. The number of para-hydroxylation sites is 1. The molecule has 2 aromatic carbocycles. The molecular formula is C21H18N4O4S. The molecule has 1 aromatic heterocycles. The number of carbonyl (C=O) groups excluding carboxylic acids is 1. The number of carbonyl (C=O) groups is 1. The maximum Gasteiger partial charge on any atom is 0.293 e. The molecular weight excluding hydrogens is 404 g/mol. The molecule has 30 heavy (non-hydrogen) atoms. The summed E-state index contributed by atoms with van der Waals surface area (Å²) in [7, 11) is 0.